The van der Waals surface area contributed by atoms with Crippen molar-refractivity contribution in [1.29, 1.82) is 0 Å². The molecule has 170 valence electrons. The van der Waals surface area contributed by atoms with Gasteiger partial charge in [-0.1, -0.05) is 36.4 Å². The number of hydrogen-bond acceptors (Lipinski definition) is 7. The highest BCUT2D eigenvalue weighted by Crippen LogP contribution is 2.32. The number of rotatable bonds is 6. The van der Waals surface area contributed by atoms with Crippen molar-refractivity contribution >= 4 is 36.9 Å². The van der Waals surface area contributed by atoms with Gasteiger partial charge in [0.1, 0.15) is 26.9 Å². The number of furan rings is 1. The van der Waals surface area contributed by atoms with E-state index in [4.69, 9.17) is 14.3 Å². The van der Waals surface area contributed by atoms with Crippen LogP contribution in [-0.4, -0.2) is 29.9 Å². The fourth-order valence-corrected chi connectivity index (χ4v) is 5.64. The Morgan fingerprint density at radius 3 is 2.24 bits per heavy atom. The van der Waals surface area contributed by atoms with E-state index in [2.05, 4.69) is 0 Å². The van der Waals surface area contributed by atoms with E-state index in [1.165, 1.54) is 31.4 Å². The Labute approximate surface area is 189 Å². The average Bonchev–Trinajstić information content (AvgIpc) is 3.22. The van der Waals surface area contributed by atoms with Crippen LogP contribution < -0.4 is 14.6 Å². The number of hydrogen-bond donors (Lipinski definition) is 2. The number of amides is 1. The summed E-state index contributed by atoms with van der Waals surface area (Å²) in [6.07, 6.45) is 0. The van der Waals surface area contributed by atoms with E-state index in [0.717, 1.165) is 17.5 Å². The Morgan fingerprint density at radius 2 is 1.58 bits per heavy atom. The van der Waals surface area contributed by atoms with Crippen LogP contribution in [0.1, 0.15) is 10.4 Å². The van der Waals surface area contributed by atoms with Crippen LogP contribution in [0, 0.1) is 0 Å². The lowest BCUT2D eigenvalue weighted by Gasteiger charge is -2.12. The Balaban J connectivity index is 1.68. The molecule has 0 aliphatic carbocycles. The van der Waals surface area contributed by atoms with E-state index in [1.54, 1.807) is 6.07 Å². The monoisotopic (exact) mass is 486 g/mol. The second-order valence-electron chi connectivity index (χ2n) is 6.99. The molecule has 9 nitrogen and oxygen atoms in total. The molecule has 4 rings (SSSR count). The van der Waals surface area contributed by atoms with Crippen molar-refractivity contribution in [3.05, 3.63) is 78.4 Å². The number of primary sulfonamides is 1. The van der Waals surface area contributed by atoms with Gasteiger partial charge < -0.3 is 9.15 Å². The van der Waals surface area contributed by atoms with Crippen molar-refractivity contribution in [3.8, 4) is 17.1 Å². The van der Waals surface area contributed by atoms with E-state index >= 15 is 0 Å². The van der Waals surface area contributed by atoms with Gasteiger partial charge in [0, 0.05) is 10.9 Å². The zero-order chi connectivity index (χ0) is 23.8. The van der Waals surface area contributed by atoms with Gasteiger partial charge in [0.25, 0.3) is 15.9 Å². The lowest BCUT2D eigenvalue weighted by molar-refractivity contribution is 0.0978. The molecule has 1 heterocycles. The van der Waals surface area contributed by atoms with E-state index < -0.39 is 35.7 Å². The van der Waals surface area contributed by atoms with Crippen molar-refractivity contribution in [1.82, 2.24) is 4.72 Å². The molecule has 1 aromatic heterocycles. The van der Waals surface area contributed by atoms with Gasteiger partial charge in [-0.2, -0.15) is 0 Å². The van der Waals surface area contributed by atoms with Gasteiger partial charge in [0.2, 0.25) is 10.0 Å². The smallest absolute Gasteiger partial charge is 0.268 e. The number of sulfonamides is 2. The lowest BCUT2D eigenvalue weighted by Crippen LogP contribution is -2.32. The summed E-state index contributed by atoms with van der Waals surface area (Å²) in [6.45, 7) is 0. The van der Waals surface area contributed by atoms with Gasteiger partial charge in [-0.05, 0) is 36.4 Å². The fraction of sp³-hybridized carbons (Fsp3) is 0.0455. The van der Waals surface area contributed by atoms with Crippen molar-refractivity contribution in [3.63, 3.8) is 0 Å². The summed E-state index contributed by atoms with van der Waals surface area (Å²) in [5.74, 6) is -0.372. The molecule has 0 saturated heterocycles. The first-order chi connectivity index (χ1) is 15.6. The van der Waals surface area contributed by atoms with Crippen molar-refractivity contribution in [2.24, 2.45) is 5.14 Å². The minimum Gasteiger partial charge on any atom is -0.496 e. The number of para-hydroxylation sites is 1. The summed E-state index contributed by atoms with van der Waals surface area (Å²) >= 11 is 0. The maximum Gasteiger partial charge on any atom is 0.268 e. The molecule has 0 bridgehead atoms. The SMILES string of the molecule is COc1cc(-c2cc3ccccc3o2)ccc1C(=O)NS(=O)(=O)c1ccccc1S(N)(=O)=O. The molecule has 1 amide bonds. The van der Waals surface area contributed by atoms with Gasteiger partial charge >= 0.3 is 0 Å². The van der Waals surface area contributed by atoms with Gasteiger partial charge in [-0.15, -0.1) is 0 Å². The molecular weight excluding hydrogens is 468 g/mol. The van der Waals surface area contributed by atoms with E-state index in [9.17, 15) is 21.6 Å². The summed E-state index contributed by atoms with van der Waals surface area (Å²) in [7, 11) is -7.57. The van der Waals surface area contributed by atoms with Gasteiger partial charge in [-0.25, -0.2) is 26.7 Å². The molecule has 0 aliphatic rings. The van der Waals surface area contributed by atoms with Crippen LogP contribution in [0.5, 0.6) is 5.75 Å². The molecule has 3 aromatic carbocycles. The fourth-order valence-electron chi connectivity index (χ4n) is 3.30. The summed E-state index contributed by atoms with van der Waals surface area (Å²) < 4.78 is 62.0. The van der Waals surface area contributed by atoms with Crippen molar-refractivity contribution < 1.29 is 30.8 Å². The number of methoxy groups -OCH3 is 1. The molecular formula is C22H18N2O7S2. The molecule has 0 fully saturated rings. The van der Waals surface area contributed by atoms with E-state index in [-0.39, 0.29) is 11.3 Å². The minimum atomic E-state index is -4.56. The Kier molecular flexibility index (Phi) is 5.70. The largest absolute Gasteiger partial charge is 0.496 e. The number of carbonyl (C=O) groups is 1. The highest BCUT2D eigenvalue weighted by atomic mass is 32.2. The maximum absolute atomic E-state index is 12.8. The second kappa shape index (κ2) is 8.35. The predicted molar refractivity (Wildman–Crippen MR) is 121 cm³/mol. The van der Waals surface area contributed by atoms with Crippen LogP contribution in [0.2, 0.25) is 0 Å². The normalized spacial score (nSPS) is 11.9. The third-order valence-corrected chi connectivity index (χ3v) is 7.32. The third kappa shape index (κ3) is 4.46. The second-order valence-corrected chi connectivity index (χ2v) is 10.2. The number of ether oxygens (including phenoxy) is 1. The van der Waals surface area contributed by atoms with Crippen LogP contribution >= 0.6 is 0 Å². The molecule has 0 unspecified atom stereocenters. The van der Waals surface area contributed by atoms with Crippen LogP contribution in [-0.2, 0) is 20.0 Å². The number of fused-ring (bicyclic) bond motifs is 1. The zero-order valence-electron chi connectivity index (χ0n) is 17.2. The molecule has 4 aromatic rings. The third-order valence-electron chi connectivity index (χ3n) is 4.83. The first-order valence-electron chi connectivity index (χ1n) is 9.46. The number of carbonyl (C=O) groups excluding carboxylic acids is 1. The van der Waals surface area contributed by atoms with E-state index in [0.29, 0.717) is 16.9 Å². The standard InChI is InChI=1S/C22H18N2O7S2/c1-30-19-13-15(18-12-14-6-2-3-7-17(14)31-18)10-11-16(19)22(25)24-33(28,29)21-9-5-4-8-20(21)32(23,26)27/h2-13H,1H3,(H,24,25)(H2,23,26,27). The summed E-state index contributed by atoms with van der Waals surface area (Å²) in [5.41, 5.74) is 1.23. The highest BCUT2D eigenvalue weighted by molar-refractivity contribution is 7.92. The molecule has 33 heavy (non-hydrogen) atoms. The summed E-state index contributed by atoms with van der Waals surface area (Å²) in [6, 6.07) is 18.5. The average molecular weight is 487 g/mol. The van der Waals surface area contributed by atoms with Crippen LogP contribution in [0.25, 0.3) is 22.3 Å². The number of benzene rings is 3. The topological polar surface area (TPSA) is 146 Å². The Bertz CT molecular complexity index is 1560. The molecule has 0 saturated carbocycles. The number of nitrogens with two attached hydrogens (primary N) is 1. The van der Waals surface area contributed by atoms with E-state index in [1.807, 2.05) is 35.1 Å². The first kappa shape index (κ1) is 22.5. The Morgan fingerprint density at radius 1 is 0.909 bits per heavy atom. The Hall–Kier alpha value is -3.67. The lowest BCUT2D eigenvalue weighted by atomic mass is 10.1. The maximum atomic E-state index is 12.8. The van der Waals surface area contributed by atoms with Crippen molar-refractivity contribution in [2.45, 2.75) is 9.79 Å². The van der Waals surface area contributed by atoms with Crippen LogP contribution in [0.15, 0.2) is 87.0 Å². The van der Waals surface area contributed by atoms with Crippen LogP contribution in [0.4, 0.5) is 0 Å². The predicted octanol–water partition coefficient (Wildman–Crippen LogP) is 2.87. The summed E-state index contributed by atoms with van der Waals surface area (Å²) in [4.78, 5) is 11.5. The molecule has 11 heteroatoms. The van der Waals surface area contributed by atoms with Crippen molar-refractivity contribution in [2.75, 3.05) is 7.11 Å². The minimum absolute atomic E-state index is 0.0750. The first-order valence-corrected chi connectivity index (χ1v) is 12.5. The van der Waals surface area contributed by atoms with Gasteiger partial charge in [0.05, 0.1) is 12.7 Å². The molecule has 0 radical (unpaired) electrons. The quantitative estimate of drug-likeness (QED) is 0.426. The highest BCUT2D eigenvalue weighted by Gasteiger charge is 2.27. The van der Waals surface area contributed by atoms with Crippen LogP contribution in [0.3, 0.4) is 0 Å². The molecule has 0 spiro atoms. The summed E-state index contributed by atoms with van der Waals surface area (Å²) in [5, 5.41) is 6.00. The molecule has 3 N–H and O–H groups in total. The van der Waals surface area contributed by atoms with Gasteiger partial charge in [-0.3, -0.25) is 4.79 Å². The number of nitrogens with one attached hydrogen (secondary N) is 1. The molecule has 0 atom stereocenters. The molecule has 0 aliphatic heterocycles. The zero-order valence-corrected chi connectivity index (χ0v) is 18.8. The van der Waals surface area contributed by atoms with Gasteiger partial charge in [0.15, 0.2) is 0 Å².